The molecule has 0 atom stereocenters. The van der Waals surface area contributed by atoms with Gasteiger partial charge in [-0.1, -0.05) is 54.1 Å². The molecule has 0 unspecified atom stereocenters. The van der Waals surface area contributed by atoms with E-state index in [1.54, 1.807) is 52.1 Å². The number of hydrogen-bond acceptors (Lipinski definition) is 5. The van der Waals surface area contributed by atoms with Gasteiger partial charge in [0, 0.05) is 35.6 Å². The minimum atomic E-state index is -3.77. The molecule has 0 spiro atoms. The first-order valence-corrected chi connectivity index (χ1v) is 14.5. The van der Waals surface area contributed by atoms with E-state index in [0.29, 0.717) is 28.8 Å². The van der Waals surface area contributed by atoms with Crippen LogP contribution in [0, 0.1) is 18.3 Å². The molecule has 4 rings (SSSR count). The molecule has 0 aliphatic carbocycles. The van der Waals surface area contributed by atoms with Crippen LogP contribution >= 0.6 is 0 Å². The number of rotatable bonds is 8. The van der Waals surface area contributed by atoms with Crippen LogP contribution in [0.1, 0.15) is 54.7 Å². The molecule has 1 N–H and O–H groups in total. The Hall–Kier alpha value is -4.19. The van der Waals surface area contributed by atoms with Crippen LogP contribution in [0.15, 0.2) is 84.0 Å². The number of nitrogens with zero attached hydrogens (tertiary/aromatic N) is 2. The predicted octanol–water partition coefficient (Wildman–Crippen LogP) is 6.30. The molecule has 0 fully saturated rings. The highest BCUT2D eigenvalue weighted by Crippen LogP contribution is 2.33. The number of carbonyl (C=O) groups is 1. The van der Waals surface area contributed by atoms with Crippen LogP contribution < -0.4 is 4.72 Å². The van der Waals surface area contributed by atoms with Crippen LogP contribution in [0.2, 0.25) is 0 Å². The number of nitrogens with one attached hydrogen (secondary N) is 1. The highest BCUT2D eigenvalue weighted by Gasteiger charge is 2.25. The fourth-order valence-electron chi connectivity index (χ4n) is 4.54. The van der Waals surface area contributed by atoms with Crippen molar-refractivity contribution < 1.29 is 17.9 Å². The zero-order chi connectivity index (χ0) is 29.1. The van der Waals surface area contributed by atoms with Crippen LogP contribution in [0.3, 0.4) is 0 Å². The van der Waals surface area contributed by atoms with Gasteiger partial charge in [-0.25, -0.2) is 17.9 Å². The first kappa shape index (κ1) is 28.8. The van der Waals surface area contributed by atoms with Crippen LogP contribution in [-0.4, -0.2) is 31.1 Å². The number of ether oxygens (including phenoxy) is 1. The number of aromatic nitrogens is 1. The Labute approximate surface area is 236 Å². The van der Waals surface area contributed by atoms with E-state index in [9.17, 15) is 18.5 Å². The lowest BCUT2D eigenvalue weighted by atomic mass is 9.99. The fraction of sp³-hybridized carbons (Fsp3) is 0.250. The number of benzene rings is 3. The molecule has 0 aliphatic heterocycles. The lowest BCUT2D eigenvalue weighted by molar-refractivity contribution is 0.0527. The highest BCUT2D eigenvalue weighted by molar-refractivity contribution is 7.89. The van der Waals surface area contributed by atoms with Crippen LogP contribution in [-0.2, 0) is 21.3 Å². The zero-order valence-electron chi connectivity index (χ0n) is 23.4. The van der Waals surface area contributed by atoms with Gasteiger partial charge in [-0.3, -0.25) is 0 Å². The van der Waals surface area contributed by atoms with Gasteiger partial charge in [0.05, 0.1) is 28.7 Å². The third kappa shape index (κ3) is 6.68. The van der Waals surface area contributed by atoms with Crippen LogP contribution in [0.4, 0.5) is 0 Å². The maximum atomic E-state index is 13.2. The topological polar surface area (TPSA) is 101 Å². The maximum absolute atomic E-state index is 13.2. The molecule has 0 saturated carbocycles. The number of aryl methyl sites for hydroxylation is 1. The van der Waals surface area contributed by atoms with E-state index in [4.69, 9.17) is 4.74 Å². The lowest BCUT2D eigenvalue weighted by Gasteiger charge is -2.22. The molecular formula is C32H33N3O4S. The minimum Gasteiger partial charge on any atom is -0.462 e. The predicted molar refractivity (Wildman–Crippen MR) is 156 cm³/mol. The molecule has 206 valence electrons. The summed E-state index contributed by atoms with van der Waals surface area (Å²) in [6, 6.07) is 22.3. The largest absolute Gasteiger partial charge is 0.462 e. The molecule has 0 bridgehead atoms. The molecule has 4 aromatic rings. The molecule has 0 radical (unpaired) electrons. The van der Waals surface area contributed by atoms with Crippen molar-refractivity contribution in [1.29, 1.82) is 5.26 Å². The summed E-state index contributed by atoms with van der Waals surface area (Å²) in [6.45, 7) is 9.83. The van der Waals surface area contributed by atoms with E-state index >= 15 is 0 Å². The number of hydrogen-bond donors (Lipinski definition) is 1. The van der Waals surface area contributed by atoms with Crippen molar-refractivity contribution in [2.75, 3.05) is 6.61 Å². The zero-order valence-corrected chi connectivity index (χ0v) is 24.2. The Morgan fingerprint density at radius 1 is 0.975 bits per heavy atom. The normalized spacial score (nSPS) is 11.7. The second-order valence-electron chi connectivity index (χ2n) is 10.7. The monoisotopic (exact) mass is 555 g/mol. The Morgan fingerprint density at radius 3 is 2.27 bits per heavy atom. The van der Waals surface area contributed by atoms with Gasteiger partial charge in [0.2, 0.25) is 10.0 Å². The van der Waals surface area contributed by atoms with Crippen LogP contribution in [0.5, 0.6) is 0 Å². The summed E-state index contributed by atoms with van der Waals surface area (Å²) in [4.78, 5) is 13.1. The summed E-state index contributed by atoms with van der Waals surface area (Å²) in [5.74, 6) is -0.425. The highest BCUT2D eigenvalue weighted by atomic mass is 32.2. The summed E-state index contributed by atoms with van der Waals surface area (Å²) in [7, 11) is -3.77. The average Bonchev–Trinajstić information content (AvgIpc) is 3.31. The van der Waals surface area contributed by atoms with Gasteiger partial charge in [-0.15, -0.1) is 0 Å². The molecule has 3 aromatic carbocycles. The van der Waals surface area contributed by atoms with E-state index in [-0.39, 0.29) is 11.5 Å². The molecule has 0 aliphatic rings. The number of sulfonamides is 1. The van der Waals surface area contributed by atoms with Gasteiger partial charge >= 0.3 is 5.97 Å². The standard InChI is InChI=1S/C32H33N3O4S/c1-6-39-31(36)29-21-35(19-24-9-7-8-23(17-24)18-33)20-28(29)26-13-11-25(12-14-26)27-16-22(2)10-15-30(27)40(37,38)34-32(3,4)5/h7-17,20-21,34H,6,19H2,1-5H3. The quantitative estimate of drug-likeness (QED) is 0.257. The van der Waals surface area contributed by atoms with Crippen molar-refractivity contribution in [1.82, 2.24) is 9.29 Å². The number of carbonyl (C=O) groups excluding carboxylic acids is 1. The number of nitriles is 1. The van der Waals surface area contributed by atoms with Gasteiger partial charge in [-0.05, 0) is 69.5 Å². The first-order chi connectivity index (χ1) is 18.9. The second kappa shape index (κ2) is 11.5. The van der Waals surface area contributed by atoms with Crippen molar-refractivity contribution in [3.05, 3.63) is 101 Å². The third-order valence-electron chi connectivity index (χ3n) is 6.17. The SMILES string of the molecule is CCOC(=O)c1cn(Cc2cccc(C#N)c2)cc1-c1ccc(-c2cc(C)ccc2S(=O)(=O)NC(C)(C)C)cc1. The number of esters is 1. The Kier molecular flexibility index (Phi) is 8.29. The molecule has 1 aromatic heterocycles. The van der Waals surface area contributed by atoms with Gasteiger partial charge < -0.3 is 9.30 Å². The maximum Gasteiger partial charge on any atom is 0.340 e. The summed E-state index contributed by atoms with van der Waals surface area (Å²) >= 11 is 0. The van der Waals surface area contributed by atoms with Crippen molar-refractivity contribution >= 4 is 16.0 Å². The van der Waals surface area contributed by atoms with E-state index in [1.165, 1.54) is 0 Å². The van der Waals surface area contributed by atoms with Gasteiger partial charge in [0.25, 0.3) is 0 Å². The fourth-order valence-corrected chi connectivity index (χ4v) is 6.17. The summed E-state index contributed by atoms with van der Waals surface area (Å²) in [5.41, 5.74) is 5.09. The third-order valence-corrected chi connectivity index (χ3v) is 7.98. The molecule has 8 heteroatoms. The Balaban J connectivity index is 1.73. The van der Waals surface area contributed by atoms with Gasteiger partial charge in [-0.2, -0.15) is 5.26 Å². The smallest absolute Gasteiger partial charge is 0.340 e. The average molecular weight is 556 g/mol. The van der Waals surface area contributed by atoms with Crippen LogP contribution in [0.25, 0.3) is 22.3 Å². The van der Waals surface area contributed by atoms with Crippen molar-refractivity contribution in [3.63, 3.8) is 0 Å². The van der Waals surface area contributed by atoms with Crippen molar-refractivity contribution in [2.45, 2.75) is 51.6 Å². The summed E-state index contributed by atoms with van der Waals surface area (Å²) in [6.07, 6.45) is 3.64. The van der Waals surface area contributed by atoms with Gasteiger partial charge in [0.15, 0.2) is 0 Å². The Morgan fingerprint density at radius 2 is 1.65 bits per heavy atom. The van der Waals surface area contributed by atoms with E-state index in [0.717, 1.165) is 22.3 Å². The minimum absolute atomic E-state index is 0.207. The summed E-state index contributed by atoms with van der Waals surface area (Å²) < 4.78 is 36.4. The second-order valence-corrected chi connectivity index (χ2v) is 12.4. The molecular weight excluding hydrogens is 522 g/mol. The van der Waals surface area contributed by atoms with Gasteiger partial charge in [0.1, 0.15) is 0 Å². The molecule has 40 heavy (non-hydrogen) atoms. The molecule has 0 amide bonds. The molecule has 0 saturated heterocycles. The van der Waals surface area contributed by atoms with E-state index in [2.05, 4.69) is 10.8 Å². The lowest BCUT2D eigenvalue weighted by Crippen LogP contribution is -2.40. The van der Waals surface area contributed by atoms with E-state index in [1.807, 2.05) is 66.2 Å². The molecule has 1 heterocycles. The Bertz CT molecular complexity index is 1690. The molecule has 7 nitrogen and oxygen atoms in total. The summed E-state index contributed by atoms with van der Waals surface area (Å²) in [5, 5.41) is 9.23. The van der Waals surface area contributed by atoms with Crippen molar-refractivity contribution in [2.24, 2.45) is 0 Å². The van der Waals surface area contributed by atoms with Crippen molar-refractivity contribution in [3.8, 4) is 28.3 Å². The van der Waals surface area contributed by atoms with E-state index < -0.39 is 21.5 Å². The first-order valence-electron chi connectivity index (χ1n) is 13.0.